The molecule has 28 heavy (non-hydrogen) atoms. The van der Waals surface area contributed by atoms with Crippen LogP contribution in [0.1, 0.15) is 28.5 Å². The van der Waals surface area contributed by atoms with Gasteiger partial charge in [0.1, 0.15) is 0 Å². The Hall–Kier alpha value is -3.01. The third-order valence-corrected chi connectivity index (χ3v) is 4.80. The highest BCUT2D eigenvalue weighted by atomic mass is 32.2. The van der Waals surface area contributed by atoms with Crippen LogP contribution >= 0.6 is 11.8 Å². The maximum Gasteiger partial charge on any atom is 0.337 e. The van der Waals surface area contributed by atoms with Crippen molar-refractivity contribution in [3.8, 4) is 11.5 Å². The third kappa shape index (κ3) is 4.83. The van der Waals surface area contributed by atoms with Crippen LogP contribution in [0.4, 0.5) is 5.69 Å². The number of carboxylic acids is 1. The van der Waals surface area contributed by atoms with Crippen LogP contribution in [-0.2, 0) is 11.2 Å². The fourth-order valence-electron chi connectivity index (χ4n) is 2.55. The Morgan fingerprint density at radius 1 is 1.25 bits per heavy atom. The number of hydrogen-bond acceptors (Lipinski definition) is 7. The van der Waals surface area contributed by atoms with Gasteiger partial charge in [-0.15, -0.1) is 0 Å². The van der Waals surface area contributed by atoms with Crippen molar-refractivity contribution in [2.24, 2.45) is 0 Å². The summed E-state index contributed by atoms with van der Waals surface area (Å²) in [5.41, 5.74) is 0.929. The number of thioether (sulfide) groups is 1. The Kier molecular flexibility index (Phi) is 7.05. The number of ether oxygens (including phenoxy) is 2. The van der Waals surface area contributed by atoms with Crippen molar-refractivity contribution < 1.29 is 24.2 Å². The number of H-pyrrole nitrogens is 1. The van der Waals surface area contributed by atoms with E-state index in [0.29, 0.717) is 22.8 Å². The summed E-state index contributed by atoms with van der Waals surface area (Å²) in [6.45, 7) is 3.60. The van der Waals surface area contributed by atoms with Crippen molar-refractivity contribution in [2.75, 3.05) is 25.3 Å². The van der Waals surface area contributed by atoms with Crippen LogP contribution < -0.4 is 20.3 Å². The molecule has 0 radical (unpaired) electrons. The molecule has 0 aliphatic rings. The Morgan fingerprint density at radius 3 is 2.43 bits per heavy atom. The lowest BCUT2D eigenvalue weighted by Crippen LogP contribution is -2.19. The molecule has 1 heterocycles. The van der Waals surface area contributed by atoms with E-state index in [1.54, 1.807) is 6.92 Å². The number of nitrogens with one attached hydrogen (secondary N) is 2. The largest absolute Gasteiger partial charge is 0.493 e. The Labute approximate surface area is 165 Å². The Balaban J connectivity index is 2.17. The SMILES string of the molecule is CCc1c(C)nc(SCC(=O)Nc2cc(OC)c(OC)cc2C(=O)O)[nH]c1=O. The van der Waals surface area contributed by atoms with Crippen LogP contribution in [0.25, 0.3) is 0 Å². The minimum Gasteiger partial charge on any atom is -0.493 e. The number of aromatic carboxylic acids is 1. The molecular formula is C18H21N3O6S. The molecule has 1 aromatic carbocycles. The molecule has 0 saturated heterocycles. The van der Waals surface area contributed by atoms with E-state index in [1.165, 1.54) is 26.4 Å². The summed E-state index contributed by atoms with van der Waals surface area (Å²) in [7, 11) is 2.79. The number of carboxylic acid groups (broad SMARTS) is 1. The molecule has 1 aromatic heterocycles. The van der Waals surface area contributed by atoms with Gasteiger partial charge < -0.3 is 24.9 Å². The molecule has 2 aromatic rings. The first-order chi connectivity index (χ1) is 13.3. The van der Waals surface area contributed by atoms with Crippen LogP contribution in [0.15, 0.2) is 22.1 Å². The van der Waals surface area contributed by atoms with E-state index in [-0.39, 0.29) is 34.1 Å². The van der Waals surface area contributed by atoms with E-state index in [1.807, 2.05) is 6.92 Å². The summed E-state index contributed by atoms with van der Waals surface area (Å²) in [6.07, 6.45) is 0.566. The first-order valence-corrected chi connectivity index (χ1v) is 9.31. The van der Waals surface area contributed by atoms with Crippen molar-refractivity contribution >= 4 is 29.3 Å². The Bertz CT molecular complexity index is 957. The quantitative estimate of drug-likeness (QED) is 0.448. The number of carbonyl (C=O) groups excluding carboxylic acids is 1. The minimum atomic E-state index is -1.22. The number of aromatic nitrogens is 2. The van der Waals surface area contributed by atoms with Crippen molar-refractivity contribution in [3.05, 3.63) is 39.3 Å². The summed E-state index contributed by atoms with van der Waals surface area (Å²) in [6, 6.07) is 2.65. The number of rotatable bonds is 8. The topological polar surface area (TPSA) is 131 Å². The van der Waals surface area contributed by atoms with Gasteiger partial charge in [-0.05, 0) is 13.3 Å². The molecule has 3 N–H and O–H groups in total. The van der Waals surface area contributed by atoms with Crippen LogP contribution in [0.5, 0.6) is 11.5 Å². The zero-order valence-electron chi connectivity index (χ0n) is 15.9. The first-order valence-electron chi connectivity index (χ1n) is 8.32. The van der Waals surface area contributed by atoms with E-state index in [4.69, 9.17) is 9.47 Å². The summed E-state index contributed by atoms with van der Waals surface area (Å²) >= 11 is 1.05. The summed E-state index contributed by atoms with van der Waals surface area (Å²) in [5.74, 6) is -1.23. The highest BCUT2D eigenvalue weighted by Crippen LogP contribution is 2.33. The van der Waals surface area contributed by atoms with E-state index >= 15 is 0 Å². The van der Waals surface area contributed by atoms with Gasteiger partial charge in [-0.1, -0.05) is 18.7 Å². The zero-order valence-corrected chi connectivity index (χ0v) is 16.7. The molecule has 0 atom stereocenters. The number of aromatic amines is 1. The number of carbonyl (C=O) groups is 2. The number of methoxy groups -OCH3 is 2. The smallest absolute Gasteiger partial charge is 0.337 e. The van der Waals surface area contributed by atoms with Crippen molar-refractivity contribution in [1.29, 1.82) is 0 Å². The van der Waals surface area contributed by atoms with E-state index < -0.39 is 11.9 Å². The minimum absolute atomic E-state index is 0.0682. The van der Waals surface area contributed by atoms with Gasteiger partial charge in [0.15, 0.2) is 16.7 Å². The van der Waals surface area contributed by atoms with Crippen molar-refractivity contribution in [1.82, 2.24) is 9.97 Å². The molecule has 1 amide bonds. The lowest BCUT2D eigenvalue weighted by Gasteiger charge is -2.13. The van der Waals surface area contributed by atoms with Gasteiger partial charge in [0.2, 0.25) is 5.91 Å². The monoisotopic (exact) mass is 407 g/mol. The molecule has 9 nitrogen and oxygen atoms in total. The standard InChI is InChI=1S/C18H21N3O6S/c1-5-10-9(2)19-18(21-16(10)23)28-8-15(22)20-12-7-14(27-4)13(26-3)6-11(12)17(24)25/h6-7H,5,8H2,1-4H3,(H,20,22)(H,24,25)(H,19,21,23). The van der Waals surface area contributed by atoms with Gasteiger partial charge in [-0.3, -0.25) is 9.59 Å². The van der Waals surface area contributed by atoms with Gasteiger partial charge >= 0.3 is 5.97 Å². The average molecular weight is 407 g/mol. The second kappa shape index (κ2) is 9.27. The lowest BCUT2D eigenvalue weighted by atomic mass is 10.1. The highest BCUT2D eigenvalue weighted by molar-refractivity contribution is 7.99. The molecule has 0 unspecified atom stereocenters. The first kappa shape index (κ1) is 21.3. The van der Waals surface area contributed by atoms with Crippen LogP contribution in [0.3, 0.4) is 0 Å². The van der Waals surface area contributed by atoms with Crippen molar-refractivity contribution in [2.45, 2.75) is 25.4 Å². The predicted molar refractivity (Wildman–Crippen MR) is 105 cm³/mol. The van der Waals surface area contributed by atoms with E-state index in [2.05, 4.69) is 15.3 Å². The third-order valence-electron chi connectivity index (χ3n) is 3.92. The zero-order chi connectivity index (χ0) is 20.8. The molecule has 0 fully saturated rings. The normalized spacial score (nSPS) is 10.4. The van der Waals surface area contributed by atoms with Gasteiger partial charge in [0, 0.05) is 23.4 Å². The Morgan fingerprint density at radius 2 is 1.89 bits per heavy atom. The number of benzene rings is 1. The molecule has 10 heteroatoms. The van der Waals surface area contributed by atoms with Gasteiger partial charge in [-0.25, -0.2) is 9.78 Å². The van der Waals surface area contributed by atoms with Crippen LogP contribution in [-0.4, -0.2) is 46.9 Å². The van der Waals surface area contributed by atoms with Crippen LogP contribution in [0.2, 0.25) is 0 Å². The molecule has 0 bridgehead atoms. The van der Waals surface area contributed by atoms with Gasteiger partial charge in [0.05, 0.1) is 31.2 Å². The molecule has 0 saturated carbocycles. The number of aryl methyl sites for hydroxylation is 1. The van der Waals surface area contributed by atoms with E-state index in [0.717, 1.165) is 11.8 Å². The summed E-state index contributed by atoms with van der Waals surface area (Å²) in [4.78, 5) is 42.7. The summed E-state index contributed by atoms with van der Waals surface area (Å²) < 4.78 is 10.2. The maximum atomic E-state index is 12.3. The number of anilines is 1. The highest BCUT2D eigenvalue weighted by Gasteiger charge is 2.18. The molecule has 0 spiro atoms. The maximum absolute atomic E-state index is 12.3. The summed E-state index contributed by atoms with van der Waals surface area (Å²) in [5, 5.41) is 12.2. The van der Waals surface area contributed by atoms with Crippen molar-refractivity contribution in [3.63, 3.8) is 0 Å². The average Bonchev–Trinajstić information content (AvgIpc) is 2.65. The lowest BCUT2D eigenvalue weighted by molar-refractivity contribution is -0.113. The second-order valence-corrected chi connectivity index (χ2v) is 6.65. The fourth-order valence-corrected chi connectivity index (χ4v) is 3.26. The molecule has 0 aliphatic heterocycles. The number of nitrogens with zero attached hydrogens (tertiary/aromatic N) is 1. The molecule has 0 aliphatic carbocycles. The number of hydrogen-bond donors (Lipinski definition) is 3. The molecule has 2 rings (SSSR count). The fraction of sp³-hybridized carbons (Fsp3) is 0.333. The number of amides is 1. The van der Waals surface area contributed by atoms with Gasteiger partial charge in [-0.2, -0.15) is 0 Å². The molecule has 150 valence electrons. The van der Waals surface area contributed by atoms with E-state index in [9.17, 15) is 19.5 Å². The van der Waals surface area contributed by atoms with Crippen LogP contribution in [0, 0.1) is 6.92 Å². The second-order valence-electron chi connectivity index (χ2n) is 5.68. The predicted octanol–water partition coefficient (Wildman–Crippen LogP) is 2.09. The molecular weight excluding hydrogens is 386 g/mol. The van der Waals surface area contributed by atoms with Gasteiger partial charge in [0.25, 0.3) is 5.56 Å².